The monoisotopic (exact) mass is 448 g/mol. The van der Waals surface area contributed by atoms with Gasteiger partial charge >= 0.3 is 5.97 Å². The van der Waals surface area contributed by atoms with Crippen LogP contribution in [0.1, 0.15) is 36.2 Å². The molecule has 2 aromatic rings. The molecule has 9 heteroatoms. The summed E-state index contributed by atoms with van der Waals surface area (Å²) in [5, 5.41) is 4.17. The van der Waals surface area contributed by atoms with Crippen LogP contribution in [0.25, 0.3) is 0 Å². The number of nitrogens with zero attached hydrogens (tertiary/aromatic N) is 1. The van der Waals surface area contributed by atoms with Crippen LogP contribution in [0.2, 0.25) is 5.02 Å². The normalized spacial score (nSPS) is 10.6. The average molecular weight is 449 g/mol. The number of methoxy groups -OCH3 is 1. The van der Waals surface area contributed by atoms with Gasteiger partial charge in [0.2, 0.25) is 0 Å². The molecule has 0 aliphatic heterocycles. The molecule has 0 heterocycles. The maximum absolute atomic E-state index is 12.2. The Bertz CT molecular complexity index is 915. The van der Waals surface area contributed by atoms with Crippen LogP contribution in [0.15, 0.2) is 41.5 Å². The maximum Gasteiger partial charge on any atom is 0.344 e. The van der Waals surface area contributed by atoms with Crippen molar-refractivity contribution in [1.29, 1.82) is 0 Å². The molecule has 0 bridgehead atoms. The number of esters is 1. The van der Waals surface area contributed by atoms with E-state index < -0.39 is 5.97 Å². The maximum atomic E-state index is 12.2. The number of nitrogens with one attached hydrogen (secondary N) is 1. The Morgan fingerprint density at radius 3 is 2.52 bits per heavy atom. The fourth-order valence-electron chi connectivity index (χ4n) is 2.44. The topological polar surface area (TPSA) is 95.5 Å². The summed E-state index contributed by atoms with van der Waals surface area (Å²) in [5.74, 6) is 0.342. The van der Waals surface area contributed by atoms with Crippen LogP contribution in [0.3, 0.4) is 0 Å². The van der Waals surface area contributed by atoms with Crippen LogP contribution in [0.4, 0.5) is 0 Å². The van der Waals surface area contributed by atoms with Gasteiger partial charge < -0.3 is 18.9 Å². The summed E-state index contributed by atoms with van der Waals surface area (Å²) in [6.45, 7) is 4.30. The quantitative estimate of drug-likeness (QED) is 0.319. The molecule has 0 aliphatic carbocycles. The van der Waals surface area contributed by atoms with Crippen molar-refractivity contribution in [2.24, 2.45) is 5.10 Å². The van der Waals surface area contributed by atoms with Crippen LogP contribution >= 0.6 is 11.6 Å². The first-order valence-electron chi connectivity index (χ1n) is 9.70. The van der Waals surface area contributed by atoms with E-state index in [1.54, 1.807) is 43.3 Å². The van der Waals surface area contributed by atoms with Gasteiger partial charge in [-0.25, -0.2) is 10.2 Å². The Balaban J connectivity index is 2.00. The first kappa shape index (κ1) is 24.0. The summed E-state index contributed by atoms with van der Waals surface area (Å²) in [5.41, 5.74) is 3.46. The van der Waals surface area contributed by atoms with Crippen LogP contribution in [0.5, 0.6) is 17.2 Å². The van der Waals surface area contributed by atoms with Crippen LogP contribution < -0.4 is 19.6 Å². The Morgan fingerprint density at radius 1 is 1.13 bits per heavy atom. The van der Waals surface area contributed by atoms with Crippen molar-refractivity contribution in [2.75, 3.05) is 26.9 Å². The largest absolute Gasteiger partial charge is 0.494 e. The predicted octanol–water partition coefficient (Wildman–Crippen LogP) is 3.84. The summed E-state index contributed by atoms with van der Waals surface area (Å²) < 4.78 is 21.0. The minimum Gasteiger partial charge on any atom is -0.494 e. The van der Waals surface area contributed by atoms with Gasteiger partial charge in [-0.15, -0.1) is 0 Å². The Kier molecular flexibility index (Phi) is 9.64. The number of hydrazone groups is 1. The highest BCUT2D eigenvalue weighted by molar-refractivity contribution is 6.32. The number of carbonyl (C=O) groups is 2. The lowest BCUT2D eigenvalue weighted by Gasteiger charge is -2.12. The van der Waals surface area contributed by atoms with Crippen molar-refractivity contribution in [1.82, 2.24) is 5.43 Å². The highest BCUT2D eigenvalue weighted by Crippen LogP contribution is 2.36. The van der Waals surface area contributed by atoms with Crippen molar-refractivity contribution in [3.05, 3.63) is 52.5 Å². The number of ether oxygens (including phenoxy) is 4. The molecule has 1 amide bonds. The summed E-state index contributed by atoms with van der Waals surface area (Å²) in [6, 6.07) is 9.96. The third-order valence-electron chi connectivity index (χ3n) is 3.86. The lowest BCUT2D eigenvalue weighted by Crippen LogP contribution is -2.17. The molecule has 0 saturated carbocycles. The van der Waals surface area contributed by atoms with E-state index in [0.29, 0.717) is 29.2 Å². The number of rotatable bonds is 11. The van der Waals surface area contributed by atoms with E-state index in [1.165, 1.54) is 13.3 Å². The number of carbonyl (C=O) groups excluding carboxylic acids is 2. The minimum absolute atomic E-state index is 0.212. The molecular formula is C22H25ClN2O6. The summed E-state index contributed by atoms with van der Waals surface area (Å²) in [7, 11) is 1.44. The van der Waals surface area contributed by atoms with Crippen LogP contribution in [0, 0.1) is 0 Å². The van der Waals surface area contributed by atoms with Crippen molar-refractivity contribution in [3.63, 3.8) is 0 Å². The second-order valence-corrected chi connectivity index (χ2v) is 6.61. The van der Waals surface area contributed by atoms with Gasteiger partial charge in [-0.05, 0) is 55.3 Å². The highest BCUT2D eigenvalue weighted by Gasteiger charge is 2.14. The molecule has 0 saturated heterocycles. The molecule has 1 N–H and O–H groups in total. The molecule has 0 atom stereocenters. The van der Waals surface area contributed by atoms with Crippen molar-refractivity contribution < 1.29 is 28.5 Å². The number of benzene rings is 2. The minimum atomic E-state index is -0.515. The SMILES string of the molecule is CCCOc1ccc(C(=O)N/N=C\c2cc(Cl)c(OCC(=O)OCC)c(OC)c2)cc1. The van der Waals surface area contributed by atoms with Crippen molar-refractivity contribution >= 4 is 29.7 Å². The van der Waals surface area contributed by atoms with E-state index in [9.17, 15) is 9.59 Å². The van der Waals surface area contributed by atoms with E-state index >= 15 is 0 Å². The summed E-state index contributed by atoms with van der Waals surface area (Å²) in [6.07, 6.45) is 2.32. The number of hydrogen-bond donors (Lipinski definition) is 1. The van der Waals surface area contributed by atoms with Gasteiger partial charge in [0, 0.05) is 5.56 Å². The standard InChI is InChI=1S/C22H25ClN2O6/c1-4-10-30-17-8-6-16(7-9-17)22(27)25-24-13-15-11-18(23)21(19(12-15)28-3)31-14-20(26)29-5-2/h6-9,11-13H,4-5,10,14H2,1-3H3,(H,25,27)/b24-13-. The molecule has 0 aliphatic rings. The van der Waals surface area contributed by atoms with Crippen LogP contribution in [-0.2, 0) is 9.53 Å². The van der Waals surface area contributed by atoms with E-state index in [2.05, 4.69) is 10.5 Å². The highest BCUT2D eigenvalue weighted by atomic mass is 35.5. The Hall–Kier alpha value is -3.26. The van der Waals surface area contributed by atoms with Gasteiger partial charge in [-0.3, -0.25) is 4.79 Å². The molecule has 31 heavy (non-hydrogen) atoms. The zero-order valence-corrected chi connectivity index (χ0v) is 18.4. The molecule has 0 radical (unpaired) electrons. The zero-order valence-electron chi connectivity index (χ0n) is 17.6. The molecular weight excluding hydrogens is 424 g/mol. The predicted molar refractivity (Wildman–Crippen MR) is 117 cm³/mol. The first-order valence-corrected chi connectivity index (χ1v) is 10.1. The smallest absolute Gasteiger partial charge is 0.344 e. The fraction of sp³-hybridized carbons (Fsp3) is 0.318. The molecule has 166 valence electrons. The lowest BCUT2D eigenvalue weighted by molar-refractivity contribution is -0.145. The molecule has 2 aromatic carbocycles. The third kappa shape index (κ3) is 7.49. The van der Waals surface area contributed by atoms with E-state index in [4.69, 9.17) is 30.5 Å². The van der Waals surface area contributed by atoms with Gasteiger partial charge in [0.1, 0.15) is 5.75 Å². The third-order valence-corrected chi connectivity index (χ3v) is 4.14. The number of halogens is 1. The van der Waals surface area contributed by atoms with Crippen molar-refractivity contribution in [2.45, 2.75) is 20.3 Å². The molecule has 0 fully saturated rings. The average Bonchev–Trinajstić information content (AvgIpc) is 2.77. The summed E-state index contributed by atoms with van der Waals surface area (Å²) in [4.78, 5) is 23.7. The molecule has 0 aromatic heterocycles. The Morgan fingerprint density at radius 2 is 1.87 bits per heavy atom. The van der Waals surface area contributed by atoms with Gasteiger partial charge in [0.15, 0.2) is 18.1 Å². The fourth-order valence-corrected chi connectivity index (χ4v) is 2.71. The molecule has 0 unspecified atom stereocenters. The summed E-state index contributed by atoms with van der Waals surface area (Å²) >= 11 is 6.24. The van der Waals surface area contributed by atoms with Gasteiger partial charge in [-0.1, -0.05) is 18.5 Å². The molecule has 2 rings (SSSR count). The van der Waals surface area contributed by atoms with Gasteiger partial charge in [0.05, 0.1) is 31.6 Å². The van der Waals surface area contributed by atoms with E-state index in [0.717, 1.165) is 6.42 Å². The van der Waals surface area contributed by atoms with Gasteiger partial charge in [-0.2, -0.15) is 5.10 Å². The van der Waals surface area contributed by atoms with Crippen molar-refractivity contribution in [3.8, 4) is 17.2 Å². The molecule has 0 spiro atoms. The zero-order chi connectivity index (χ0) is 22.6. The van der Waals surface area contributed by atoms with Gasteiger partial charge in [0.25, 0.3) is 5.91 Å². The second kappa shape index (κ2) is 12.4. The lowest BCUT2D eigenvalue weighted by atomic mass is 10.2. The van der Waals surface area contributed by atoms with Crippen LogP contribution in [-0.4, -0.2) is 45.0 Å². The van der Waals surface area contributed by atoms with E-state index in [-0.39, 0.29) is 29.9 Å². The van der Waals surface area contributed by atoms with E-state index in [1.807, 2.05) is 6.92 Å². The number of hydrogen-bond acceptors (Lipinski definition) is 7. The number of amides is 1. The Labute approximate surface area is 186 Å². The second-order valence-electron chi connectivity index (χ2n) is 6.20. The molecule has 8 nitrogen and oxygen atoms in total. The first-order chi connectivity index (χ1) is 15.0.